The highest BCUT2D eigenvalue weighted by atomic mass is 127. The predicted molar refractivity (Wildman–Crippen MR) is 134 cm³/mol. The summed E-state index contributed by atoms with van der Waals surface area (Å²) < 4.78 is 0. The Morgan fingerprint density at radius 2 is 1.90 bits per heavy atom. The molecule has 1 fully saturated rings. The number of fused-ring (bicyclic) bond motifs is 1. The molecule has 0 saturated carbocycles. The van der Waals surface area contributed by atoms with E-state index in [2.05, 4.69) is 51.6 Å². The summed E-state index contributed by atoms with van der Waals surface area (Å²) in [7, 11) is 1.72. The van der Waals surface area contributed by atoms with Crippen molar-refractivity contribution in [1.82, 2.24) is 20.4 Å². The SMILES string of the molecule is CCNC(=NCCCN1CCc2ccccc2C1)N1CCC(CC(=O)NC)CC1.I. The first-order valence-electron chi connectivity index (χ1n) is 11.2. The van der Waals surface area contributed by atoms with Gasteiger partial charge in [0.15, 0.2) is 5.96 Å². The molecular weight excluding hydrogens is 489 g/mol. The van der Waals surface area contributed by atoms with Crippen molar-refractivity contribution in [1.29, 1.82) is 0 Å². The predicted octanol–water partition coefficient (Wildman–Crippen LogP) is 2.87. The average Bonchev–Trinajstić information content (AvgIpc) is 2.76. The fourth-order valence-corrected chi connectivity index (χ4v) is 4.36. The maximum Gasteiger partial charge on any atom is 0.220 e. The van der Waals surface area contributed by atoms with Crippen molar-refractivity contribution in [2.45, 2.75) is 45.6 Å². The van der Waals surface area contributed by atoms with E-state index in [9.17, 15) is 4.79 Å². The van der Waals surface area contributed by atoms with Gasteiger partial charge in [-0.15, -0.1) is 24.0 Å². The molecule has 7 heteroatoms. The lowest BCUT2D eigenvalue weighted by molar-refractivity contribution is -0.121. The fourth-order valence-electron chi connectivity index (χ4n) is 4.36. The van der Waals surface area contributed by atoms with Gasteiger partial charge in [-0.2, -0.15) is 0 Å². The molecule has 0 bridgehead atoms. The van der Waals surface area contributed by atoms with E-state index in [1.165, 1.54) is 11.1 Å². The number of hydrogen-bond donors (Lipinski definition) is 2. The van der Waals surface area contributed by atoms with E-state index in [1.807, 2.05) is 0 Å². The molecule has 2 aliphatic rings. The summed E-state index contributed by atoms with van der Waals surface area (Å²) in [5.41, 5.74) is 2.99. The maximum atomic E-state index is 11.6. The lowest BCUT2D eigenvalue weighted by atomic mass is 9.93. The number of carbonyl (C=O) groups is 1. The minimum Gasteiger partial charge on any atom is -0.359 e. The van der Waals surface area contributed by atoms with Crippen LogP contribution < -0.4 is 10.6 Å². The molecule has 168 valence electrons. The van der Waals surface area contributed by atoms with Crippen molar-refractivity contribution in [2.24, 2.45) is 10.9 Å². The zero-order valence-electron chi connectivity index (χ0n) is 18.5. The van der Waals surface area contributed by atoms with E-state index < -0.39 is 0 Å². The van der Waals surface area contributed by atoms with Crippen LogP contribution in [0.15, 0.2) is 29.3 Å². The van der Waals surface area contributed by atoms with Crippen LogP contribution >= 0.6 is 24.0 Å². The second kappa shape index (κ2) is 13.1. The third kappa shape index (κ3) is 7.41. The van der Waals surface area contributed by atoms with Crippen molar-refractivity contribution in [3.63, 3.8) is 0 Å². The van der Waals surface area contributed by atoms with Crippen molar-refractivity contribution < 1.29 is 4.79 Å². The molecule has 1 aromatic carbocycles. The number of piperidine rings is 1. The van der Waals surface area contributed by atoms with Crippen LogP contribution in [0.2, 0.25) is 0 Å². The standard InChI is InChI=1S/C23H37N5O.HI/c1-3-25-23(28-15-9-19(10-16-28)17-22(29)24-2)26-12-6-13-27-14-11-20-7-4-5-8-21(20)18-27;/h4-5,7-8,19H,3,6,9-18H2,1-2H3,(H,24,29)(H,25,26);1H. The van der Waals surface area contributed by atoms with Gasteiger partial charge in [0, 0.05) is 59.3 Å². The monoisotopic (exact) mass is 527 g/mol. The van der Waals surface area contributed by atoms with Crippen molar-refractivity contribution >= 4 is 35.8 Å². The quantitative estimate of drug-likeness (QED) is 0.248. The smallest absolute Gasteiger partial charge is 0.220 e. The van der Waals surface area contributed by atoms with Crippen molar-refractivity contribution in [3.05, 3.63) is 35.4 Å². The van der Waals surface area contributed by atoms with Crippen molar-refractivity contribution in [3.8, 4) is 0 Å². The Balaban J connectivity index is 0.00000320. The molecule has 0 spiro atoms. The number of carbonyl (C=O) groups excluding carboxylic acids is 1. The molecule has 3 rings (SSSR count). The first-order chi connectivity index (χ1) is 14.2. The Hall–Kier alpha value is -1.35. The number of guanidine groups is 1. The van der Waals surface area contributed by atoms with Gasteiger partial charge in [0.1, 0.15) is 0 Å². The van der Waals surface area contributed by atoms with Crippen LogP contribution in [-0.2, 0) is 17.8 Å². The molecule has 1 amide bonds. The van der Waals surface area contributed by atoms with Gasteiger partial charge in [-0.25, -0.2) is 0 Å². The van der Waals surface area contributed by atoms with E-state index in [0.29, 0.717) is 12.3 Å². The molecule has 2 N–H and O–H groups in total. The highest BCUT2D eigenvalue weighted by molar-refractivity contribution is 14.0. The molecule has 0 radical (unpaired) electrons. The van der Waals surface area contributed by atoms with Crippen LogP contribution in [0.25, 0.3) is 0 Å². The third-order valence-electron chi connectivity index (χ3n) is 6.11. The number of halogens is 1. The van der Waals surface area contributed by atoms with Crippen LogP contribution in [0.1, 0.15) is 43.7 Å². The summed E-state index contributed by atoms with van der Waals surface area (Å²) in [5, 5.41) is 6.19. The summed E-state index contributed by atoms with van der Waals surface area (Å²) in [5.74, 6) is 1.69. The lowest BCUT2D eigenvalue weighted by Gasteiger charge is -2.34. The molecule has 0 aromatic heterocycles. The second-order valence-corrected chi connectivity index (χ2v) is 8.19. The zero-order valence-corrected chi connectivity index (χ0v) is 20.9. The first kappa shape index (κ1) is 24.9. The minimum absolute atomic E-state index is 0. The number of nitrogens with zero attached hydrogens (tertiary/aromatic N) is 3. The Bertz CT molecular complexity index is 688. The molecule has 6 nitrogen and oxygen atoms in total. The minimum atomic E-state index is 0. The van der Waals surface area contributed by atoms with Gasteiger partial charge < -0.3 is 15.5 Å². The number of benzene rings is 1. The molecule has 2 aliphatic heterocycles. The number of likely N-dealkylation sites (tertiary alicyclic amines) is 1. The van der Waals surface area contributed by atoms with Gasteiger partial charge in [-0.1, -0.05) is 24.3 Å². The molecule has 30 heavy (non-hydrogen) atoms. The van der Waals surface area contributed by atoms with Crippen LogP contribution in [0, 0.1) is 5.92 Å². The van der Waals surface area contributed by atoms with E-state index >= 15 is 0 Å². The van der Waals surface area contributed by atoms with Crippen LogP contribution in [0.5, 0.6) is 0 Å². The van der Waals surface area contributed by atoms with E-state index in [0.717, 1.165) is 77.5 Å². The largest absolute Gasteiger partial charge is 0.359 e. The molecule has 1 aromatic rings. The van der Waals surface area contributed by atoms with Gasteiger partial charge >= 0.3 is 0 Å². The summed E-state index contributed by atoms with van der Waals surface area (Å²) in [4.78, 5) is 21.4. The van der Waals surface area contributed by atoms with Crippen molar-refractivity contribution in [2.75, 3.05) is 46.3 Å². The Morgan fingerprint density at radius 3 is 2.60 bits per heavy atom. The second-order valence-electron chi connectivity index (χ2n) is 8.19. The molecule has 0 aliphatic carbocycles. The van der Waals surface area contributed by atoms with Gasteiger partial charge in [-0.05, 0) is 49.7 Å². The van der Waals surface area contributed by atoms with Crippen LogP contribution in [0.3, 0.4) is 0 Å². The fraction of sp³-hybridized carbons (Fsp3) is 0.652. The molecule has 1 saturated heterocycles. The van der Waals surface area contributed by atoms with E-state index in [-0.39, 0.29) is 29.9 Å². The highest BCUT2D eigenvalue weighted by Crippen LogP contribution is 2.21. The molecular formula is C23H38IN5O. The topological polar surface area (TPSA) is 60.0 Å². The Kier molecular flexibility index (Phi) is 10.9. The van der Waals surface area contributed by atoms with Crippen LogP contribution in [-0.4, -0.2) is 68.0 Å². The average molecular weight is 527 g/mol. The Labute approximate surface area is 198 Å². The summed E-state index contributed by atoms with van der Waals surface area (Å²) in [6, 6.07) is 8.81. The van der Waals surface area contributed by atoms with Crippen LogP contribution in [0.4, 0.5) is 0 Å². The maximum absolute atomic E-state index is 11.6. The highest BCUT2D eigenvalue weighted by Gasteiger charge is 2.23. The lowest BCUT2D eigenvalue weighted by Crippen LogP contribution is -2.46. The number of amides is 1. The zero-order chi connectivity index (χ0) is 20.5. The third-order valence-corrected chi connectivity index (χ3v) is 6.11. The van der Waals surface area contributed by atoms with E-state index in [1.54, 1.807) is 7.05 Å². The normalized spacial score (nSPS) is 17.8. The van der Waals surface area contributed by atoms with Gasteiger partial charge in [0.2, 0.25) is 5.91 Å². The number of rotatable bonds is 7. The number of nitrogens with one attached hydrogen (secondary N) is 2. The first-order valence-corrected chi connectivity index (χ1v) is 11.2. The number of aliphatic imine (C=N–C) groups is 1. The van der Waals surface area contributed by atoms with E-state index in [4.69, 9.17) is 4.99 Å². The number of hydrogen-bond acceptors (Lipinski definition) is 3. The molecule has 0 unspecified atom stereocenters. The van der Waals surface area contributed by atoms with Gasteiger partial charge in [0.25, 0.3) is 0 Å². The summed E-state index contributed by atoms with van der Waals surface area (Å²) >= 11 is 0. The van der Waals surface area contributed by atoms with Gasteiger partial charge in [0.05, 0.1) is 0 Å². The van der Waals surface area contributed by atoms with Gasteiger partial charge in [-0.3, -0.25) is 14.7 Å². The summed E-state index contributed by atoms with van der Waals surface area (Å²) in [6.07, 6.45) is 5.02. The molecule has 2 heterocycles. The summed E-state index contributed by atoms with van der Waals surface area (Å²) in [6.45, 7) is 9.16. The Morgan fingerprint density at radius 1 is 1.17 bits per heavy atom. The molecule has 0 atom stereocenters.